The van der Waals surface area contributed by atoms with E-state index < -0.39 is 0 Å². The molecule has 0 unspecified atom stereocenters. The molecule has 1 N–H and O–H groups in total. The number of hydrogen-bond acceptors (Lipinski definition) is 3. The number of anilines is 1. The summed E-state index contributed by atoms with van der Waals surface area (Å²) in [5, 5.41) is 3.55. The first-order valence-corrected chi connectivity index (χ1v) is 12.2. The summed E-state index contributed by atoms with van der Waals surface area (Å²) in [7, 11) is 1.72. The van der Waals surface area contributed by atoms with Gasteiger partial charge < -0.3 is 14.8 Å². The van der Waals surface area contributed by atoms with Crippen LogP contribution in [-0.4, -0.2) is 7.11 Å². The third-order valence-corrected chi connectivity index (χ3v) is 6.72. The molecule has 3 heteroatoms. The van der Waals surface area contributed by atoms with Crippen LogP contribution in [0, 0.1) is 0 Å². The van der Waals surface area contributed by atoms with Crippen LogP contribution in [0.15, 0.2) is 115 Å². The number of fused-ring (bicyclic) bond motifs is 3. The van der Waals surface area contributed by atoms with Gasteiger partial charge in [-0.05, 0) is 63.7 Å². The third kappa shape index (κ3) is 4.20. The van der Waals surface area contributed by atoms with Crippen molar-refractivity contribution in [3.63, 3.8) is 0 Å². The highest BCUT2D eigenvalue weighted by Gasteiger charge is 2.23. The molecular weight excluding hydrogens is 442 g/mol. The van der Waals surface area contributed by atoms with Gasteiger partial charge in [0.2, 0.25) is 0 Å². The number of rotatable bonds is 6. The van der Waals surface area contributed by atoms with Gasteiger partial charge in [-0.2, -0.15) is 0 Å². The fourth-order valence-electron chi connectivity index (χ4n) is 4.92. The SMILES string of the molecule is COc1ccccc1-c1cccc2c1-c1ccc(-c3cccc(NCc4ccccc4)c3)cc1CO2. The van der Waals surface area contributed by atoms with E-state index in [-0.39, 0.29) is 0 Å². The summed E-state index contributed by atoms with van der Waals surface area (Å²) in [5.74, 6) is 1.76. The summed E-state index contributed by atoms with van der Waals surface area (Å²) in [5.41, 5.74) is 10.4. The molecule has 5 aromatic rings. The van der Waals surface area contributed by atoms with E-state index in [0.717, 1.165) is 40.4 Å². The second-order valence-electron chi connectivity index (χ2n) is 8.96. The van der Waals surface area contributed by atoms with Crippen molar-refractivity contribution in [3.8, 4) is 44.9 Å². The van der Waals surface area contributed by atoms with E-state index in [0.29, 0.717) is 6.61 Å². The van der Waals surface area contributed by atoms with Gasteiger partial charge in [-0.25, -0.2) is 0 Å². The predicted molar refractivity (Wildman–Crippen MR) is 147 cm³/mol. The first-order valence-electron chi connectivity index (χ1n) is 12.2. The molecule has 0 aromatic heterocycles. The Morgan fingerprint density at radius 2 is 1.47 bits per heavy atom. The smallest absolute Gasteiger partial charge is 0.128 e. The topological polar surface area (TPSA) is 30.5 Å². The molecule has 0 fully saturated rings. The van der Waals surface area contributed by atoms with Gasteiger partial charge in [0.05, 0.1) is 7.11 Å². The van der Waals surface area contributed by atoms with Gasteiger partial charge in [-0.1, -0.05) is 84.9 Å². The Bertz CT molecular complexity index is 1520. The maximum Gasteiger partial charge on any atom is 0.128 e. The number of nitrogens with one attached hydrogen (secondary N) is 1. The molecule has 5 aromatic carbocycles. The molecule has 176 valence electrons. The Labute approximate surface area is 212 Å². The van der Waals surface area contributed by atoms with Crippen molar-refractivity contribution in [1.29, 1.82) is 0 Å². The Hall–Kier alpha value is -4.50. The van der Waals surface area contributed by atoms with Gasteiger partial charge in [0.15, 0.2) is 0 Å². The van der Waals surface area contributed by atoms with Crippen LogP contribution in [0.5, 0.6) is 11.5 Å². The van der Waals surface area contributed by atoms with E-state index in [1.54, 1.807) is 7.11 Å². The number of para-hydroxylation sites is 1. The summed E-state index contributed by atoms with van der Waals surface area (Å²) >= 11 is 0. The maximum atomic E-state index is 6.23. The standard InChI is InChI=1S/C33H27NO2/c1-35-31-15-6-5-13-29(31)30-14-8-16-32-33(30)28-18-17-25(19-26(28)22-36-32)24-11-7-12-27(20-24)34-21-23-9-3-2-4-10-23/h2-20,34H,21-22H2,1H3. The minimum atomic E-state index is 0.553. The van der Waals surface area contributed by atoms with E-state index in [1.165, 1.54) is 27.8 Å². The van der Waals surface area contributed by atoms with E-state index >= 15 is 0 Å². The monoisotopic (exact) mass is 469 g/mol. The summed E-state index contributed by atoms with van der Waals surface area (Å²) in [6, 6.07) is 40.1. The molecule has 0 atom stereocenters. The van der Waals surface area contributed by atoms with E-state index in [2.05, 4.69) is 84.2 Å². The zero-order valence-corrected chi connectivity index (χ0v) is 20.2. The average Bonchev–Trinajstić information content (AvgIpc) is 2.96. The van der Waals surface area contributed by atoms with Crippen molar-refractivity contribution in [1.82, 2.24) is 0 Å². The highest BCUT2D eigenvalue weighted by Crippen LogP contribution is 2.46. The lowest BCUT2D eigenvalue weighted by molar-refractivity contribution is 0.302. The molecule has 1 aliphatic rings. The second-order valence-corrected chi connectivity index (χ2v) is 8.96. The molecule has 0 saturated carbocycles. The molecule has 1 heterocycles. The van der Waals surface area contributed by atoms with Gasteiger partial charge >= 0.3 is 0 Å². The molecule has 0 spiro atoms. The van der Waals surface area contributed by atoms with Crippen molar-refractivity contribution >= 4 is 5.69 Å². The summed E-state index contributed by atoms with van der Waals surface area (Å²) < 4.78 is 11.9. The molecule has 1 aliphatic heterocycles. The highest BCUT2D eigenvalue weighted by atomic mass is 16.5. The van der Waals surface area contributed by atoms with Crippen LogP contribution in [0.25, 0.3) is 33.4 Å². The van der Waals surface area contributed by atoms with Crippen LogP contribution in [0.2, 0.25) is 0 Å². The Morgan fingerprint density at radius 3 is 2.36 bits per heavy atom. The van der Waals surface area contributed by atoms with Crippen LogP contribution in [0.1, 0.15) is 11.1 Å². The molecule has 0 radical (unpaired) electrons. The number of hydrogen-bond donors (Lipinski definition) is 1. The molecular formula is C33H27NO2. The lowest BCUT2D eigenvalue weighted by Crippen LogP contribution is -2.07. The Kier molecular flexibility index (Phi) is 5.88. The first-order chi connectivity index (χ1) is 17.8. The molecule has 36 heavy (non-hydrogen) atoms. The van der Waals surface area contributed by atoms with Crippen molar-refractivity contribution in [3.05, 3.63) is 126 Å². The summed E-state index contributed by atoms with van der Waals surface area (Å²) in [6.07, 6.45) is 0. The minimum Gasteiger partial charge on any atom is -0.496 e. The largest absolute Gasteiger partial charge is 0.496 e. The lowest BCUT2D eigenvalue weighted by atomic mass is 9.88. The summed E-state index contributed by atoms with van der Waals surface area (Å²) in [4.78, 5) is 0. The molecule has 0 amide bonds. The van der Waals surface area contributed by atoms with E-state index in [9.17, 15) is 0 Å². The van der Waals surface area contributed by atoms with Crippen LogP contribution >= 0.6 is 0 Å². The quantitative estimate of drug-likeness (QED) is 0.272. The summed E-state index contributed by atoms with van der Waals surface area (Å²) in [6.45, 7) is 1.35. The van der Waals surface area contributed by atoms with Crippen molar-refractivity contribution in [2.75, 3.05) is 12.4 Å². The van der Waals surface area contributed by atoms with Crippen LogP contribution < -0.4 is 14.8 Å². The third-order valence-electron chi connectivity index (χ3n) is 6.72. The molecule has 3 nitrogen and oxygen atoms in total. The number of ether oxygens (including phenoxy) is 2. The fraction of sp³-hybridized carbons (Fsp3) is 0.0909. The van der Waals surface area contributed by atoms with Crippen LogP contribution in [0.4, 0.5) is 5.69 Å². The highest BCUT2D eigenvalue weighted by molar-refractivity contribution is 5.92. The Morgan fingerprint density at radius 1 is 0.694 bits per heavy atom. The van der Waals surface area contributed by atoms with Gasteiger partial charge in [0.1, 0.15) is 18.1 Å². The number of benzene rings is 5. The second kappa shape index (κ2) is 9.63. The van der Waals surface area contributed by atoms with Crippen LogP contribution in [-0.2, 0) is 13.2 Å². The van der Waals surface area contributed by atoms with Gasteiger partial charge in [-0.3, -0.25) is 0 Å². The maximum absolute atomic E-state index is 6.23. The zero-order chi connectivity index (χ0) is 24.3. The van der Waals surface area contributed by atoms with Gasteiger partial charge in [0, 0.05) is 23.4 Å². The van der Waals surface area contributed by atoms with Gasteiger partial charge in [0.25, 0.3) is 0 Å². The van der Waals surface area contributed by atoms with Crippen LogP contribution in [0.3, 0.4) is 0 Å². The van der Waals surface area contributed by atoms with Crippen molar-refractivity contribution < 1.29 is 9.47 Å². The van der Waals surface area contributed by atoms with E-state index in [4.69, 9.17) is 9.47 Å². The predicted octanol–water partition coefficient (Wildman–Crippen LogP) is 8.20. The molecule has 6 rings (SSSR count). The fourth-order valence-corrected chi connectivity index (χ4v) is 4.92. The average molecular weight is 470 g/mol. The first kappa shape index (κ1) is 22.0. The zero-order valence-electron chi connectivity index (χ0n) is 20.2. The van der Waals surface area contributed by atoms with Crippen molar-refractivity contribution in [2.24, 2.45) is 0 Å². The Balaban J connectivity index is 1.34. The normalized spacial score (nSPS) is 11.7. The molecule has 0 saturated heterocycles. The van der Waals surface area contributed by atoms with Gasteiger partial charge in [-0.15, -0.1) is 0 Å². The molecule has 0 aliphatic carbocycles. The van der Waals surface area contributed by atoms with Crippen molar-refractivity contribution in [2.45, 2.75) is 13.2 Å². The lowest BCUT2D eigenvalue weighted by Gasteiger charge is -2.24. The number of methoxy groups -OCH3 is 1. The minimum absolute atomic E-state index is 0.553. The molecule has 0 bridgehead atoms. The van der Waals surface area contributed by atoms with E-state index in [1.807, 2.05) is 36.4 Å².